The fourth-order valence-corrected chi connectivity index (χ4v) is 5.73. The maximum absolute atomic E-state index is 13.6. The van der Waals surface area contributed by atoms with Gasteiger partial charge < -0.3 is 9.88 Å². The van der Waals surface area contributed by atoms with Gasteiger partial charge in [0, 0.05) is 31.4 Å². The zero-order chi connectivity index (χ0) is 24.0. The maximum atomic E-state index is 13.6. The number of imidazole rings is 1. The summed E-state index contributed by atoms with van der Waals surface area (Å²) in [6.07, 6.45) is 4.85. The van der Waals surface area contributed by atoms with Crippen molar-refractivity contribution in [3.8, 4) is 0 Å². The summed E-state index contributed by atoms with van der Waals surface area (Å²) in [6, 6.07) is 6.44. The number of carbonyl (C=O) groups excluding carboxylic acids is 1. The summed E-state index contributed by atoms with van der Waals surface area (Å²) in [5.41, 5.74) is 1.51. The Bertz CT molecular complexity index is 1280. The van der Waals surface area contributed by atoms with Gasteiger partial charge in [-0.25, -0.2) is 21.8 Å². The van der Waals surface area contributed by atoms with Crippen molar-refractivity contribution in [1.29, 1.82) is 0 Å². The summed E-state index contributed by atoms with van der Waals surface area (Å²) in [6.45, 7) is 7.00. The predicted molar refractivity (Wildman–Crippen MR) is 126 cm³/mol. The van der Waals surface area contributed by atoms with Crippen LogP contribution >= 0.6 is 0 Å². The smallest absolute Gasteiger partial charge is 0.267 e. The molecule has 1 N–H and O–H groups in total. The lowest BCUT2D eigenvalue weighted by Gasteiger charge is -2.27. The van der Waals surface area contributed by atoms with E-state index < -0.39 is 16.2 Å². The molecule has 0 saturated heterocycles. The molecule has 1 amide bonds. The van der Waals surface area contributed by atoms with Crippen molar-refractivity contribution in [2.24, 2.45) is 5.92 Å². The van der Waals surface area contributed by atoms with Crippen LogP contribution in [0.5, 0.6) is 0 Å². The average Bonchev–Trinajstić information content (AvgIpc) is 3.40. The summed E-state index contributed by atoms with van der Waals surface area (Å²) < 4.78 is 43.2. The topological polar surface area (TPSA) is 86.0 Å². The molecule has 1 fully saturated rings. The van der Waals surface area contributed by atoms with Crippen LogP contribution in [0.2, 0.25) is 0 Å². The van der Waals surface area contributed by atoms with Crippen LogP contribution in [-0.2, 0) is 22.0 Å². The molecule has 0 unspecified atom stereocenters. The van der Waals surface area contributed by atoms with Crippen LogP contribution in [0.15, 0.2) is 41.6 Å². The number of amides is 1. The quantitative estimate of drug-likeness (QED) is 0.599. The highest BCUT2D eigenvalue weighted by atomic mass is 32.2. The minimum atomic E-state index is -3.88. The highest BCUT2D eigenvalue weighted by molar-refractivity contribution is 7.90. The van der Waals surface area contributed by atoms with Gasteiger partial charge in [-0.2, -0.15) is 0 Å². The molecule has 0 radical (unpaired) electrons. The molecule has 1 aromatic carbocycles. The first-order valence-corrected chi connectivity index (χ1v) is 12.7. The van der Waals surface area contributed by atoms with Crippen molar-refractivity contribution in [2.75, 3.05) is 7.05 Å². The standard InChI is InChI=1S/C24H31FN4O3S/c1-24(2,3)23-27-20-13-19(33(31,32)28-12-11-17(15-28)22(30)26-4)9-10-21(20)29(23)14-16-5-7-18(25)8-6-16/h9-13,15-16,18H,5-8,14H2,1-4H3,(H,26,30). The Morgan fingerprint density at radius 2 is 1.88 bits per heavy atom. The third kappa shape index (κ3) is 4.55. The molecule has 4 rings (SSSR count). The summed E-state index contributed by atoms with van der Waals surface area (Å²) in [5, 5.41) is 2.49. The number of rotatable bonds is 5. The molecule has 0 aliphatic heterocycles. The second-order valence-corrected chi connectivity index (χ2v) is 11.7. The molecule has 2 heterocycles. The van der Waals surface area contributed by atoms with Crippen LogP contribution in [0.25, 0.3) is 11.0 Å². The number of hydrogen-bond acceptors (Lipinski definition) is 4. The SMILES string of the molecule is CNC(=O)c1ccn(S(=O)(=O)c2ccc3c(c2)nc(C(C)(C)C)n3CC2CCC(F)CC2)c1. The van der Waals surface area contributed by atoms with Crippen molar-refractivity contribution in [3.63, 3.8) is 0 Å². The van der Waals surface area contributed by atoms with E-state index >= 15 is 0 Å². The third-order valence-corrected chi connectivity index (χ3v) is 7.97. The van der Waals surface area contributed by atoms with Crippen LogP contribution in [0.4, 0.5) is 4.39 Å². The number of carbonyl (C=O) groups is 1. The Hall–Kier alpha value is -2.68. The molecular weight excluding hydrogens is 443 g/mol. The zero-order valence-electron chi connectivity index (χ0n) is 19.5. The first-order chi connectivity index (χ1) is 15.5. The first kappa shape index (κ1) is 23.5. The molecule has 1 aliphatic carbocycles. The number of halogens is 1. The Morgan fingerprint density at radius 1 is 1.18 bits per heavy atom. The number of nitrogens with zero attached hydrogens (tertiary/aromatic N) is 3. The summed E-state index contributed by atoms with van der Waals surface area (Å²) >= 11 is 0. The van der Waals surface area contributed by atoms with Crippen molar-refractivity contribution < 1.29 is 17.6 Å². The second kappa shape index (κ2) is 8.59. The lowest BCUT2D eigenvalue weighted by atomic mass is 9.87. The predicted octanol–water partition coefficient (Wildman–Crippen LogP) is 4.26. The first-order valence-electron chi connectivity index (χ1n) is 11.3. The summed E-state index contributed by atoms with van der Waals surface area (Å²) in [7, 11) is -2.38. The molecular formula is C24H31FN4O3S. The van der Waals surface area contributed by atoms with Gasteiger partial charge in [0.2, 0.25) is 0 Å². The van der Waals surface area contributed by atoms with Gasteiger partial charge in [0.1, 0.15) is 12.0 Å². The summed E-state index contributed by atoms with van der Waals surface area (Å²) in [4.78, 5) is 16.8. The molecule has 0 bridgehead atoms. The molecule has 33 heavy (non-hydrogen) atoms. The van der Waals surface area contributed by atoms with Gasteiger partial charge in [-0.15, -0.1) is 0 Å². The van der Waals surface area contributed by atoms with Gasteiger partial charge in [-0.3, -0.25) is 4.79 Å². The maximum Gasteiger partial charge on any atom is 0.267 e. The van der Waals surface area contributed by atoms with E-state index in [1.807, 2.05) is 0 Å². The van der Waals surface area contributed by atoms with E-state index in [4.69, 9.17) is 4.98 Å². The normalized spacial score (nSPS) is 19.7. The third-order valence-electron chi connectivity index (χ3n) is 6.34. The van der Waals surface area contributed by atoms with Crippen LogP contribution in [-0.4, -0.2) is 41.1 Å². The van der Waals surface area contributed by atoms with Crippen LogP contribution in [0, 0.1) is 5.92 Å². The molecule has 2 aromatic heterocycles. The number of alkyl halides is 1. The van der Waals surface area contributed by atoms with Gasteiger partial charge in [-0.1, -0.05) is 20.8 Å². The van der Waals surface area contributed by atoms with Crippen LogP contribution < -0.4 is 5.32 Å². The van der Waals surface area contributed by atoms with Gasteiger partial charge in [0.15, 0.2) is 0 Å². The second-order valence-electron chi connectivity index (χ2n) is 9.88. The van der Waals surface area contributed by atoms with E-state index in [9.17, 15) is 17.6 Å². The summed E-state index contributed by atoms with van der Waals surface area (Å²) in [5.74, 6) is 0.911. The van der Waals surface area contributed by atoms with E-state index in [2.05, 4.69) is 30.7 Å². The highest BCUT2D eigenvalue weighted by Gasteiger charge is 2.28. The zero-order valence-corrected chi connectivity index (χ0v) is 20.3. The number of benzene rings is 1. The van der Waals surface area contributed by atoms with Gasteiger partial charge in [0.25, 0.3) is 15.9 Å². The average molecular weight is 475 g/mol. The fraction of sp³-hybridized carbons (Fsp3) is 0.500. The molecule has 178 valence electrons. The molecule has 0 atom stereocenters. The number of nitrogens with one attached hydrogen (secondary N) is 1. The lowest BCUT2D eigenvalue weighted by Crippen LogP contribution is -2.24. The number of aromatic nitrogens is 3. The van der Waals surface area contributed by atoms with E-state index in [-0.39, 0.29) is 21.8 Å². The van der Waals surface area contributed by atoms with E-state index in [0.29, 0.717) is 24.3 Å². The van der Waals surface area contributed by atoms with Crippen molar-refractivity contribution in [1.82, 2.24) is 18.8 Å². The largest absolute Gasteiger partial charge is 0.355 e. The minimum Gasteiger partial charge on any atom is -0.355 e. The van der Waals surface area contributed by atoms with Crippen LogP contribution in [0.3, 0.4) is 0 Å². The number of hydrogen-bond donors (Lipinski definition) is 1. The molecule has 1 aliphatic rings. The van der Waals surface area contributed by atoms with Gasteiger partial charge >= 0.3 is 0 Å². The molecule has 0 spiro atoms. The van der Waals surface area contributed by atoms with Crippen LogP contribution in [0.1, 0.15) is 62.6 Å². The number of fused-ring (bicyclic) bond motifs is 1. The van der Waals surface area contributed by atoms with Gasteiger partial charge in [-0.05, 0) is 55.9 Å². The Balaban J connectivity index is 1.73. The Kier molecular flexibility index (Phi) is 6.11. The van der Waals surface area contributed by atoms with Gasteiger partial charge in [0.05, 0.1) is 21.5 Å². The van der Waals surface area contributed by atoms with Crippen molar-refractivity contribution in [2.45, 2.75) is 69.5 Å². The monoisotopic (exact) mass is 474 g/mol. The molecule has 7 nitrogen and oxygen atoms in total. The van der Waals surface area contributed by atoms with Crippen molar-refractivity contribution in [3.05, 3.63) is 48.0 Å². The van der Waals surface area contributed by atoms with E-state index in [1.54, 1.807) is 18.2 Å². The minimum absolute atomic E-state index is 0.108. The Labute approximate surface area is 194 Å². The van der Waals surface area contributed by atoms with E-state index in [0.717, 1.165) is 34.7 Å². The molecule has 1 saturated carbocycles. The van der Waals surface area contributed by atoms with Crippen molar-refractivity contribution >= 4 is 27.0 Å². The van der Waals surface area contributed by atoms with E-state index in [1.165, 1.54) is 25.5 Å². The highest BCUT2D eigenvalue weighted by Crippen LogP contribution is 2.33. The fourth-order valence-electron chi connectivity index (χ4n) is 4.52. The Morgan fingerprint density at radius 3 is 2.52 bits per heavy atom. The molecule has 3 aromatic rings. The molecule has 9 heteroatoms. The lowest BCUT2D eigenvalue weighted by molar-refractivity contribution is 0.0963.